The van der Waals surface area contributed by atoms with Gasteiger partial charge in [0.1, 0.15) is 11.0 Å². The first-order valence-electron chi connectivity index (χ1n) is 4.67. The lowest BCUT2D eigenvalue weighted by Crippen LogP contribution is -2.29. The summed E-state index contributed by atoms with van der Waals surface area (Å²) in [5.41, 5.74) is 0.989. The number of amides is 1. The van der Waals surface area contributed by atoms with Gasteiger partial charge >= 0.3 is 0 Å². The Balaban J connectivity index is 2.26. The maximum Gasteiger partial charge on any atom is 0.259 e. The maximum absolute atomic E-state index is 11.5. The molecule has 0 saturated carbocycles. The zero-order chi connectivity index (χ0) is 10.8. The van der Waals surface area contributed by atoms with Crippen molar-refractivity contribution in [1.29, 1.82) is 0 Å². The van der Waals surface area contributed by atoms with Crippen LogP contribution in [0.3, 0.4) is 0 Å². The van der Waals surface area contributed by atoms with Crippen LogP contribution in [0.5, 0.6) is 0 Å². The molecule has 15 heavy (non-hydrogen) atoms. The summed E-state index contributed by atoms with van der Waals surface area (Å²) in [5.74, 6) is -0.190. The van der Waals surface area contributed by atoms with Gasteiger partial charge in [0.15, 0.2) is 0 Å². The molecule has 2 unspecified atom stereocenters. The summed E-state index contributed by atoms with van der Waals surface area (Å²) < 4.78 is 12.9. The Bertz CT molecular complexity index is 409. The van der Waals surface area contributed by atoms with E-state index in [0.717, 1.165) is 5.56 Å². The van der Waals surface area contributed by atoms with Gasteiger partial charge in [0.2, 0.25) is 0 Å². The molecule has 1 aliphatic rings. The lowest BCUT2D eigenvalue weighted by molar-refractivity contribution is -0.122. The van der Waals surface area contributed by atoms with Crippen LogP contribution in [0.15, 0.2) is 41.8 Å². The summed E-state index contributed by atoms with van der Waals surface area (Å²) in [7, 11) is -1.32. The molecule has 0 spiro atoms. The van der Waals surface area contributed by atoms with Crippen molar-refractivity contribution < 1.29 is 9.00 Å². The lowest BCUT2D eigenvalue weighted by Gasteiger charge is -2.22. The van der Waals surface area contributed by atoms with E-state index in [4.69, 9.17) is 0 Å². The molecule has 1 amide bonds. The van der Waals surface area contributed by atoms with Crippen molar-refractivity contribution in [2.24, 2.45) is 0 Å². The highest BCUT2D eigenvalue weighted by molar-refractivity contribution is 7.86. The molecule has 0 fully saturated rings. The molecule has 1 aromatic rings. The second-order valence-electron chi connectivity index (χ2n) is 3.33. The smallest absolute Gasteiger partial charge is 0.259 e. The van der Waals surface area contributed by atoms with E-state index < -0.39 is 11.0 Å². The van der Waals surface area contributed by atoms with Gasteiger partial charge in [-0.2, -0.15) is 0 Å². The van der Waals surface area contributed by atoms with Gasteiger partial charge in [0, 0.05) is 11.5 Å². The Labute approximate surface area is 91.0 Å². The van der Waals surface area contributed by atoms with Crippen LogP contribution in [0.4, 0.5) is 0 Å². The summed E-state index contributed by atoms with van der Waals surface area (Å²) in [6, 6.07) is 9.42. The van der Waals surface area contributed by atoms with Crippen molar-refractivity contribution in [1.82, 2.24) is 4.31 Å². The van der Waals surface area contributed by atoms with Gasteiger partial charge in [-0.15, -0.1) is 0 Å². The first-order chi connectivity index (χ1) is 7.20. The topological polar surface area (TPSA) is 37.4 Å². The van der Waals surface area contributed by atoms with Gasteiger partial charge in [0.05, 0.1) is 6.04 Å². The van der Waals surface area contributed by atoms with Crippen LogP contribution in [0.25, 0.3) is 0 Å². The molecular weight excluding hydrogens is 210 g/mol. The van der Waals surface area contributed by atoms with Gasteiger partial charge in [-0.1, -0.05) is 30.3 Å². The van der Waals surface area contributed by atoms with Gasteiger partial charge in [0.25, 0.3) is 5.91 Å². The molecule has 4 heteroatoms. The van der Waals surface area contributed by atoms with Crippen LogP contribution in [0.1, 0.15) is 18.5 Å². The van der Waals surface area contributed by atoms with E-state index in [1.807, 2.05) is 37.3 Å². The van der Waals surface area contributed by atoms with Crippen LogP contribution >= 0.6 is 0 Å². The van der Waals surface area contributed by atoms with Crippen molar-refractivity contribution >= 4 is 16.9 Å². The highest BCUT2D eigenvalue weighted by Crippen LogP contribution is 2.25. The Morgan fingerprint density at radius 3 is 2.47 bits per heavy atom. The molecule has 2 rings (SSSR count). The van der Waals surface area contributed by atoms with Crippen molar-refractivity contribution in [2.45, 2.75) is 13.0 Å². The van der Waals surface area contributed by atoms with E-state index >= 15 is 0 Å². The minimum atomic E-state index is -1.32. The number of benzene rings is 1. The molecule has 1 aromatic carbocycles. The van der Waals surface area contributed by atoms with Gasteiger partial charge in [-0.25, -0.2) is 8.51 Å². The molecule has 0 aromatic heterocycles. The predicted octanol–water partition coefficient (Wildman–Crippen LogP) is 1.77. The SMILES string of the molecule is CC(c1ccccc1)N1C(=O)C=CS1=O. The fraction of sp³-hybridized carbons (Fsp3) is 0.182. The Morgan fingerprint density at radius 1 is 1.27 bits per heavy atom. The van der Waals surface area contributed by atoms with E-state index in [1.165, 1.54) is 15.8 Å². The third kappa shape index (κ3) is 1.85. The molecule has 2 atom stereocenters. The highest BCUT2D eigenvalue weighted by Gasteiger charge is 2.28. The van der Waals surface area contributed by atoms with E-state index in [9.17, 15) is 9.00 Å². The first kappa shape index (κ1) is 10.1. The minimum absolute atomic E-state index is 0.158. The molecule has 0 saturated heterocycles. The standard InChI is InChI=1S/C11H11NO2S/c1-9(10-5-3-2-4-6-10)12-11(13)7-8-15(12)14/h2-9H,1H3. The molecular formula is C11H11NO2S. The fourth-order valence-corrected chi connectivity index (χ4v) is 2.59. The van der Waals surface area contributed by atoms with Gasteiger partial charge < -0.3 is 0 Å². The molecule has 0 N–H and O–H groups in total. The molecule has 0 bridgehead atoms. The molecule has 78 valence electrons. The first-order valence-corrected chi connectivity index (χ1v) is 5.84. The maximum atomic E-state index is 11.5. The quantitative estimate of drug-likeness (QED) is 0.763. The molecule has 1 aliphatic heterocycles. The van der Waals surface area contributed by atoms with E-state index in [2.05, 4.69) is 0 Å². The number of hydrogen-bond acceptors (Lipinski definition) is 2. The Kier molecular flexibility index (Phi) is 2.68. The zero-order valence-electron chi connectivity index (χ0n) is 8.29. The van der Waals surface area contributed by atoms with Crippen molar-refractivity contribution in [2.75, 3.05) is 0 Å². The van der Waals surface area contributed by atoms with Crippen LogP contribution in [0, 0.1) is 0 Å². The second-order valence-corrected chi connectivity index (χ2v) is 4.55. The summed E-state index contributed by atoms with van der Waals surface area (Å²) in [4.78, 5) is 11.4. The van der Waals surface area contributed by atoms with Gasteiger partial charge in [-0.3, -0.25) is 4.79 Å². The van der Waals surface area contributed by atoms with Gasteiger partial charge in [-0.05, 0) is 12.5 Å². The summed E-state index contributed by atoms with van der Waals surface area (Å²) >= 11 is 0. The molecule has 3 nitrogen and oxygen atoms in total. The fourth-order valence-electron chi connectivity index (χ4n) is 1.56. The lowest BCUT2D eigenvalue weighted by atomic mass is 10.1. The predicted molar refractivity (Wildman–Crippen MR) is 59.0 cm³/mol. The summed E-state index contributed by atoms with van der Waals surface area (Å²) in [5, 5.41) is 1.42. The van der Waals surface area contributed by atoms with Crippen LogP contribution < -0.4 is 0 Å². The molecule has 1 heterocycles. The molecule has 0 aliphatic carbocycles. The van der Waals surface area contributed by atoms with Crippen molar-refractivity contribution in [3.05, 3.63) is 47.4 Å². The minimum Gasteiger partial charge on any atom is -0.269 e. The van der Waals surface area contributed by atoms with Crippen molar-refractivity contribution in [3.63, 3.8) is 0 Å². The zero-order valence-corrected chi connectivity index (χ0v) is 9.11. The van der Waals surface area contributed by atoms with E-state index in [-0.39, 0.29) is 11.9 Å². The average Bonchev–Trinajstić information content (AvgIpc) is 2.59. The third-order valence-corrected chi connectivity index (χ3v) is 3.62. The number of rotatable bonds is 2. The number of nitrogens with zero attached hydrogens (tertiary/aromatic N) is 1. The largest absolute Gasteiger partial charge is 0.269 e. The average molecular weight is 221 g/mol. The van der Waals surface area contributed by atoms with E-state index in [0.29, 0.717) is 0 Å². The van der Waals surface area contributed by atoms with Crippen LogP contribution in [-0.4, -0.2) is 14.4 Å². The summed E-state index contributed by atoms with van der Waals surface area (Å²) in [6.07, 6.45) is 1.36. The second kappa shape index (κ2) is 3.98. The Morgan fingerprint density at radius 2 is 1.93 bits per heavy atom. The number of carbonyl (C=O) groups is 1. The van der Waals surface area contributed by atoms with Crippen LogP contribution in [0.2, 0.25) is 0 Å². The van der Waals surface area contributed by atoms with Crippen LogP contribution in [-0.2, 0) is 15.8 Å². The Hall–Kier alpha value is -1.42. The van der Waals surface area contributed by atoms with E-state index in [1.54, 1.807) is 0 Å². The summed E-state index contributed by atoms with van der Waals surface area (Å²) in [6.45, 7) is 1.87. The van der Waals surface area contributed by atoms with Crippen molar-refractivity contribution in [3.8, 4) is 0 Å². The normalized spacial score (nSPS) is 22.1. The number of hydrogen-bond donors (Lipinski definition) is 0. The highest BCUT2D eigenvalue weighted by atomic mass is 32.2. The third-order valence-electron chi connectivity index (χ3n) is 2.37. The monoisotopic (exact) mass is 221 g/mol. The molecule has 0 radical (unpaired) electrons. The number of carbonyl (C=O) groups excluding carboxylic acids is 1.